The summed E-state index contributed by atoms with van der Waals surface area (Å²) in [6.45, 7) is 1.99. The molecule has 0 aliphatic carbocycles. The van der Waals surface area contributed by atoms with E-state index in [-0.39, 0.29) is 4.90 Å². The molecular weight excluding hydrogens is 474 g/mol. The van der Waals surface area contributed by atoms with Gasteiger partial charge in [-0.15, -0.1) is 11.3 Å². The molecule has 0 atom stereocenters. The van der Waals surface area contributed by atoms with E-state index in [0.717, 1.165) is 16.4 Å². The van der Waals surface area contributed by atoms with Gasteiger partial charge in [0.1, 0.15) is 10.6 Å². The summed E-state index contributed by atoms with van der Waals surface area (Å²) in [6, 6.07) is 15.1. The summed E-state index contributed by atoms with van der Waals surface area (Å²) in [5.74, 6) is 0.350. The van der Waals surface area contributed by atoms with Gasteiger partial charge in [0.05, 0.1) is 12.8 Å². The average Bonchev–Trinajstić information content (AvgIpc) is 3.25. The molecule has 0 bridgehead atoms. The topological polar surface area (TPSA) is 62.7 Å². The molecule has 1 fully saturated rings. The number of halogens is 1. The van der Waals surface area contributed by atoms with E-state index in [1.54, 1.807) is 29.5 Å². The standard InChI is InChI=1S/C20H20BrN3O3S2/c1-27-18-8-7-16(21)13-19(18)29(25,26)24-11-9-23(10-12-24)20-22-17(14-28-20)15-5-3-2-4-6-15/h2-8,13-14H,9-12H2,1H3. The smallest absolute Gasteiger partial charge is 0.246 e. The molecule has 152 valence electrons. The highest BCUT2D eigenvalue weighted by Gasteiger charge is 2.31. The Balaban J connectivity index is 1.49. The van der Waals surface area contributed by atoms with Crippen LogP contribution in [-0.4, -0.2) is 51.0 Å². The summed E-state index contributed by atoms with van der Waals surface area (Å²) in [7, 11) is -2.16. The zero-order chi connectivity index (χ0) is 20.4. The summed E-state index contributed by atoms with van der Waals surface area (Å²) < 4.78 is 33.8. The maximum absolute atomic E-state index is 13.1. The highest BCUT2D eigenvalue weighted by molar-refractivity contribution is 9.10. The minimum Gasteiger partial charge on any atom is -0.495 e. The highest BCUT2D eigenvalue weighted by Crippen LogP contribution is 2.32. The number of thiazole rings is 1. The molecule has 1 aliphatic rings. The SMILES string of the molecule is COc1ccc(Br)cc1S(=O)(=O)N1CCN(c2nc(-c3ccccc3)cs2)CC1. The van der Waals surface area contributed by atoms with Crippen LogP contribution < -0.4 is 9.64 Å². The van der Waals surface area contributed by atoms with E-state index in [0.29, 0.717) is 36.4 Å². The zero-order valence-corrected chi connectivity index (χ0v) is 19.0. The Morgan fingerprint density at radius 3 is 2.48 bits per heavy atom. The molecule has 1 saturated heterocycles. The fraction of sp³-hybridized carbons (Fsp3) is 0.250. The van der Waals surface area contributed by atoms with E-state index in [4.69, 9.17) is 9.72 Å². The molecule has 1 aliphatic heterocycles. The van der Waals surface area contributed by atoms with Crippen molar-refractivity contribution in [2.75, 3.05) is 38.2 Å². The van der Waals surface area contributed by atoms with Crippen LogP contribution in [0.3, 0.4) is 0 Å². The molecule has 0 unspecified atom stereocenters. The minimum absolute atomic E-state index is 0.184. The number of hydrogen-bond acceptors (Lipinski definition) is 6. The van der Waals surface area contributed by atoms with Crippen molar-refractivity contribution < 1.29 is 13.2 Å². The number of rotatable bonds is 5. The molecule has 4 rings (SSSR count). The maximum atomic E-state index is 13.1. The van der Waals surface area contributed by atoms with Gasteiger partial charge in [0.25, 0.3) is 0 Å². The van der Waals surface area contributed by atoms with Crippen molar-refractivity contribution in [3.63, 3.8) is 0 Å². The van der Waals surface area contributed by atoms with Crippen molar-refractivity contribution in [1.82, 2.24) is 9.29 Å². The predicted molar refractivity (Wildman–Crippen MR) is 119 cm³/mol. The predicted octanol–water partition coefficient (Wildman–Crippen LogP) is 4.09. The van der Waals surface area contributed by atoms with Gasteiger partial charge in [0.2, 0.25) is 10.0 Å². The fourth-order valence-corrected chi connectivity index (χ4v) is 6.27. The first-order valence-electron chi connectivity index (χ1n) is 9.08. The van der Waals surface area contributed by atoms with Gasteiger partial charge in [0, 0.05) is 41.6 Å². The van der Waals surface area contributed by atoms with Gasteiger partial charge >= 0.3 is 0 Å². The summed E-state index contributed by atoms with van der Waals surface area (Å²) >= 11 is 4.93. The van der Waals surface area contributed by atoms with Crippen LogP contribution in [0.2, 0.25) is 0 Å². The van der Waals surface area contributed by atoms with E-state index < -0.39 is 10.0 Å². The molecule has 3 aromatic rings. The number of anilines is 1. The third-order valence-corrected chi connectivity index (χ3v) is 8.13. The van der Waals surface area contributed by atoms with E-state index in [2.05, 4.69) is 20.8 Å². The molecule has 29 heavy (non-hydrogen) atoms. The molecule has 0 saturated carbocycles. The van der Waals surface area contributed by atoms with Gasteiger partial charge in [-0.25, -0.2) is 13.4 Å². The Labute approximate surface area is 182 Å². The van der Waals surface area contributed by atoms with E-state index in [9.17, 15) is 8.42 Å². The Bertz CT molecular complexity index is 1100. The largest absolute Gasteiger partial charge is 0.495 e. The molecule has 0 amide bonds. The fourth-order valence-electron chi connectivity index (χ4n) is 3.26. The molecular formula is C20H20BrN3O3S2. The molecule has 2 aromatic carbocycles. The quantitative estimate of drug-likeness (QED) is 0.535. The van der Waals surface area contributed by atoms with Crippen LogP contribution in [-0.2, 0) is 10.0 Å². The molecule has 2 heterocycles. The molecule has 6 nitrogen and oxygen atoms in total. The lowest BCUT2D eigenvalue weighted by Gasteiger charge is -2.34. The molecule has 0 spiro atoms. The summed E-state index contributed by atoms with van der Waals surface area (Å²) in [6.07, 6.45) is 0. The number of piperazine rings is 1. The monoisotopic (exact) mass is 493 g/mol. The van der Waals surface area contributed by atoms with Gasteiger partial charge in [-0.3, -0.25) is 0 Å². The lowest BCUT2D eigenvalue weighted by Crippen LogP contribution is -2.48. The number of methoxy groups -OCH3 is 1. The van der Waals surface area contributed by atoms with Crippen molar-refractivity contribution in [3.8, 4) is 17.0 Å². The van der Waals surface area contributed by atoms with Crippen LogP contribution >= 0.6 is 27.3 Å². The minimum atomic E-state index is -3.64. The summed E-state index contributed by atoms with van der Waals surface area (Å²) in [5.41, 5.74) is 2.03. The Hall–Kier alpha value is -1.94. The van der Waals surface area contributed by atoms with Crippen molar-refractivity contribution in [1.29, 1.82) is 0 Å². The van der Waals surface area contributed by atoms with Crippen LogP contribution in [0.1, 0.15) is 0 Å². The average molecular weight is 494 g/mol. The molecule has 1 aromatic heterocycles. The first kappa shape index (κ1) is 20.3. The first-order valence-corrected chi connectivity index (χ1v) is 12.2. The van der Waals surface area contributed by atoms with Gasteiger partial charge in [-0.05, 0) is 18.2 Å². The van der Waals surface area contributed by atoms with Crippen LogP contribution in [0, 0.1) is 0 Å². The summed E-state index contributed by atoms with van der Waals surface area (Å²) in [5, 5.41) is 2.96. The highest BCUT2D eigenvalue weighted by atomic mass is 79.9. The van der Waals surface area contributed by atoms with Crippen molar-refractivity contribution >= 4 is 42.4 Å². The lowest BCUT2D eigenvalue weighted by molar-refractivity contribution is 0.374. The number of ether oxygens (including phenoxy) is 1. The number of hydrogen-bond donors (Lipinski definition) is 0. The first-order chi connectivity index (χ1) is 14.0. The number of benzene rings is 2. The Morgan fingerprint density at radius 1 is 1.07 bits per heavy atom. The van der Waals surface area contributed by atoms with E-state index in [1.165, 1.54) is 11.4 Å². The lowest BCUT2D eigenvalue weighted by atomic mass is 10.2. The second-order valence-corrected chi connectivity index (χ2v) is 10.2. The Morgan fingerprint density at radius 2 is 1.79 bits per heavy atom. The van der Waals surface area contributed by atoms with E-state index in [1.807, 2.05) is 35.7 Å². The van der Waals surface area contributed by atoms with Gasteiger partial charge in [-0.2, -0.15) is 4.31 Å². The van der Waals surface area contributed by atoms with Gasteiger partial charge in [-0.1, -0.05) is 46.3 Å². The third-order valence-electron chi connectivity index (χ3n) is 4.81. The van der Waals surface area contributed by atoms with Crippen molar-refractivity contribution in [2.24, 2.45) is 0 Å². The second kappa shape index (κ2) is 8.43. The maximum Gasteiger partial charge on any atom is 0.246 e. The number of aromatic nitrogens is 1. The van der Waals surface area contributed by atoms with E-state index >= 15 is 0 Å². The third kappa shape index (κ3) is 4.18. The van der Waals surface area contributed by atoms with Crippen LogP contribution in [0.4, 0.5) is 5.13 Å². The van der Waals surface area contributed by atoms with Crippen LogP contribution in [0.25, 0.3) is 11.3 Å². The van der Waals surface area contributed by atoms with Crippen molar-refractivity contribution in [3.05, 3.63) is 58.4 Å². The van der Waals surface area contributed by atoms with Crippen molar-refractivity contribution in [2.45, 2.75) is 4.90 Å². The second-order valence-electron chi connectivity index (χ2n) is 6.57. The molecule has 0 radical (unpaired) electrons. The number of sulfonamides is 1. The van der Waals surface area contributed by atoms with Crippen LogP contribution in [0.15, 0.2) is 63.3 Å². The van der Waals surface area contributed by atoms with Gasteiger partial charge in [0.15, 0.2) is 5.13 Å². The van der Waals surface area contributed by atoms with Gasteiger partial charge < -0.3 is 9.64 Å². The van der Waals surface area contributed by atoms with Crippen LogP contribution in [0.5, 0.6) is 5.75 Å². The zero-order valence-electron chi connectivity index (χ0n) is 15.8. The number of nitrogens with zero attached hydrogens (tertiary/aromatic N) is 3. The normalized spacial score (nSPS) is 15.4. The Kier molecular flexibility index (Phi) is 5.91. The summed E-state index contributed by atoms with van der Waals surface area (Å²) in [4.78, 5) is 7.06. The molecule has 0 N–H and O–H groups in total. The molecule has 9 heteroatoms.